The van der Waals surface area contributed by atoms with Crippen molar-refractivity contribution >= 4 is 22.4 Å². The minimum absolute atomic E-state index is 0.107. The van der Waals surface area contributed by atoms with Gasteiger partial charge in [0.05, 0.1) is 0 Å². The second-order valence-corrected chi connectivity index (χ2v) is 7.33. The molecule has 2 aromatic carbocycles. The summed E-state index contributed by atoms with van der Waals surface area (Å²) in [6.45, 7) is 9.24. The fourth-order valence-corrected chi connectivity index (χ4v) is 3.37. The lowest BCUT2D eigenvalue weighted by molar-refractivity contribution is -0.119. The van der Waals surface area contributed by atoms with Crippen LogP contribution in [0.15, 0.2) is 48.4 Å². The summed E-state index contributed by atoms with van der Waals surface area (Å²) in [5, 5.41) is 3.76. The highest BCUT2D eigenvalue weighted by Gasteiger charge is 2.17. The number of aromatic amines is 1. The summed E-state index contributed by atoms with van der Waals surface area (Å²) in [6, 6.07) is 12.3. The number of aromatic nitrogens is 1. The standard InChI is InChI=1S/C23H25FN2O/c1-13(2)26-23(27)22(24)16(5)19-10-15(4)20(11-14(19)3)17-6-7-21-18(12-17)8-9-25-21/h6-13,25H,1-5H3,(H,26,27). The molecule has 0 fully saturated rings. The van der Waals surface area contributed by atoms with Gasteiger partial charge in [0.2, 0.25) is 0 Å². The summed E-state index contributed by atoms with van der Waals surface area (Å²) in [4.78, 5) is 15.2. The number of aryl methyl sites for hydroxylation is 2. The van der Waals surface area contributed by atoms with E-state index in [-0.39, 0.29) is 6.04 Å². The second kappa shape index (κ2) is 7.39. The van der Waals surface area contributed by atoms with E-state index in [9.17, 15) is 9.18 Å². The van der Waals surface area contributed by atoms with Gasteiger partial charge in [-0.3, -0.25) is 4.79 Å². The van der Waals surface area contributed by atoms with Crippen LogP contribution in [0.3, 0.4) is 0 Å². The molecule has 0 aliphatic heterocycles. The fourth-order valence-electron chi connectivity index (χ4n) is 3.37. The van der Waals surface area contributed by atoms with Crippen LogP contribution < -0.4 is 5.32 Å². The van der Waals surface area contributed by atoms with E-state index in [2.05, 4.69) is 34.6 Å². The molecule has 1 amide bonds. The van der Waals surface area contributed by atoms with Crippen LogP contribution in [0.2, 0.25) is 0 Å². The molecule has 0 radical (unpaired) electrons. The van der Waals surface area contributed by atoms with Crippen LogP contribution in [0.25, 0.3) is 27.6 Å². The van der Waals surface area contributed by atoms with Gasteiger partial charge in [0.1, 0.15) is 0 Å². The van der Waals surface area contributed by atoms with Crippen molar-refractivity contribution in [2.75, 3.05) is 0 Å². The molecule has 140 valence electrons. The first-order valence-corrected chi connectivity index (χ1v) is 9.14. The lowest BCUT2D eigenvalue weighted by Crippen LogP contribution is -2.30. The van der Waals surface area contributed by atoms with E-state index < -0.39 is 11.7 Å². The number of hydrogen-bond acceptors (Lipinski definition) is 1. The average Bonchev–Trinajstić information content (AvgIpc) is 3.09. The number of carbonyl (C=O) groups excluding carboxylic acids is 1. The van der Waals surface area contributed by atoms with E-state index in [0.717, 1.165) is 38.7 Å². The normalized spacial score (nSPS) is 12.4. The van der Waals surface area contributed by atoms with Gasteiger partial charge in [-0.05, 0) is 91.6 Å². The Morgan fingerprint density at radius 1 is 1.07 bits per heavy atom. The van der Waals surface area contributed by atoms with E-state index in [1.165, 1.54) is 0 Å². The lowest BCUT2D eigenvalue weighted by Gasteiger charge is -2.15. The summed E-state index contributed by atoms with van der Waals surface area (Å²) >= 11 is 0. The maximum atomic E-state index is 14.6. The zero-order valence-electron chi connectivity index (χ0n) is 16.4. The van der Waals surface area contributed by atoms with Crippen LogP contribution in [0.4, 0.5) is 4.39 Å². The molecule has 0 aliphatic rings. The number of allylic oxidation sites excluding steroid dienone is 1. The van der Waals surface area contributed by atoms with E-state index in [4.69, 9.17) is 0 Å². The highest BCUT2D eigenvalue weighted by atomic mass is 19.1. The number of H-pyrrole nitrogens is 1. The van der Waals surface area contributed by atoms with Gasteiger partial charge in [0.25, 0.3) is 5.91 Å². The largest absolute Gasteiger partial charge is 0.361 e. The number of halogens is 1. The minimum Gasteiger partial charge on any atom is -0.361 e. The maximum absolute atomic E-state index is 14.6. The molecule has 3 rings (SSSR count). The first-order chi connectivity index (χ1) is 12.8. The van der Waals surface area contributed by atoms with Gasteiger partial charge in [-0.15, -0.1) is 0 Å². The fraction of sp³-hybridized carbons (Fsp3) is 0.261. The summed E-state index contributed by atoms with van der Waals surface area (Å²) in [6.07, 6.45) is 1.93. The van der Waals surface area contributed by atoms with Crippen LogP contribution in [-0.2, 0) is 4.79 Å². The van der Waals surface area contributed by atoms with Crippen molar-refractivity contribution in [3.05, 3.63) is 65.1 Å². The van der Waals surface area contributed by atoms with Gasteiger partial charge >= 0.3 is 0 Å². The first-order valence-electron chi connectivity index (χ1n) is 9.14. The van der Waals surface area contributed by atoms with Gasteiger partial charge < -0.3 is 10.3 Å². The second-order valence-electron chi connectivity index (χ2n) is 7.33. The Bertz CT molecular complexity index is 1040. The first kappa shape index (κ1) is 18.9. The topological polar surface area (TPSA) is 44.9 Å². The number of rotatable bonds is 4. The number of fused-ring (bicyclic) bond motifs is 1. The monoisotopic (exact) mass is 364 g/mol. The molecule has 0 saturated heterocycles. The predicted molar refractivity (Wildman–Crippen MR) is 110 cm³/mol. The van der Waals surface area contributed by atoms with Crippen molar-refractivity contribution in [1.29, 1.82) is 0 Å². The number of amides is 1. The molecular formula is C23H25FN2O. The van der Waals surface area contributed by atoms with E-state index in [0.29, 0.717) is 5.57 Å². The summed E-state index contributed by atoms with van der Waals surface area (Å²) in [7, 11) is 0. The number of benzene rings is 2. The Morgan fingerprint density at radius 3 is 2.52 bits per heavy atom. The minimum atomic E-state index is -0.729. The molecule has 0 bridgehead atoms. The van der Waals surface area contributed by atoms with Crippen molar-refractivity contribution in [2.24, 2.45) is 0 Å². The summed E-state index contributed by atoms with van der Waals surface area (Å²) in [5.74, 6) is -1.39. The molecule has 0 aliphatic carbocycles. The van der Waals surface area contributed by atoms with Gasteiger partial charge in [-0.1, -0.05) is 18.2 Å². The zero-order valence-corrected chi connectivity index (χ0v) is 16.4. The van der Waals surface area contributed by atoms with Gasteiger partial charge in [0, 0.05) is 17.8 Å². The maximum Gasteiger partial charge on any atom is 0.280 e. The highest BCUT2D eigenvalue weighted by molar-refractivity contribution is 5.99. The van der Waals surface area contributed by atoms with Crippen molar-refractivity contribution in [1.82, 2.24) is 10.3 Å². The average molecular weight is 364 g/mol. The Balaban J connectivity index is 2.03. The smallest absolute Gasteiger partial charge is 0.280 e. The Morgan fingerprint density at radius 2 is 1.81 bits per heavy atom. The Kier molecular flexibility index (Phi) is 5.17. The molecule has 0 saturated carbocycles. The van der Waals surface area contributed by atoms with Crippen molar-refractivity contribution < 1.29 is 9.18 Å². The molecule has 4 heteroatoms. The molecule has 3 aromatic rings. The number of carbonyl (C=O) groups is 1. The van der Waals surface area contributed by atoms with E-state index >= 15 is 0 Å². The van der Waals surface area contributed by atoms with Crippen molar-refractivity contribution in [3.8, 4) is 11.1 Å². The molecule has 1 heterocycles. The highest BCUT2D eigenvalue weighted by Crippen LogP contribution is 2.32. The van der Waals surface area contributed by atoms with Crippen LogP contribution in [0.1, 0.15) is 37.5 Å². The molecule has 1 aromatic heterocycles. The van der Waals surface area contributed by atoms with Gasteiger partial charge in [-0.25, -0.2) is 4.39 Å². The summed E-state index contributed by atoms with van der Waals surface area (Å²) < 4.78 is 14.6. The third kappa shape index (κ3) is 3.80. The summed E-state index contributed by atoms with van der Waals surface area (Å²) in [5.41, 5.74) is 6.43. The van der Waals surface area contributed by atoms with Crippen LogP contribution in [0, 0.1) is 13.8 Å². The number of hydrogen-bond donors (Lipinski definition) is 2. The SMILES string of the molecule is CC(=C(F)C(=O)NC(C)C)c1cc(C)c(-c2ccc3[nH]ccc3c2)cc1C. The molecule has 0 unspecified atom stereocenters. The Labute approximate surface area is 159 Å². The number of nitrogens with one attached hydrogen (secondary N) is 2. The third-order valence-electron chi connectivity index (χ3n) is 4.79. The Hall–Kier alpha value is -2.88. The van der Waals surface area contributed by atoms with Gasteiger partial charge in [0.15, 0.2) is 5.83 Å². The third-order valence-corrected chi connectivity index (χ3v) is 4.79. The molecule has 0 atom stereocenters. The molecule has 0 spiro atoms. The molecule has 2 N–H and O–H groups in total. The van der Waals surface area contributed by atoms with Gasteiger partial charge in [-0.2, -0.15) is 0 Å². The molecular weight excluding hydrogens is 339 g/mol. The van der Waals surface area contributed by atoms with Crippen molar-refractivity contribution in [3.63, 3.8) is 0 Å². The van der Waals surface area contributed by atoms with Crippen LogP contribution in [0.5, 0.6) is 0 Å². The van der Waals surface area contributed by atoms with E-state index in [1.807, 2.05) is 46.0 Å². The quantitative estimate of drug-likeness (QED) is 0.575. The zero-order chi connectivity index (χ0) is 19.7. The van der Waals surface area contributed by atoms with Crippen LogP contribution in [-0.4, -0.2) is 16.9 Å². The molecule has 3 nitrogen and oxygen atoms in total. The van der Waals surface area contributed by atoms with Crippen LogP contribution >= 0.6 is 0 Å². The predicted octanol–water partition coefficient (Wildman–Crippen LogP) is 5.68. The lowest BCUT2D eigenvalue weighted by atomic mass is 9.91. The molecule has 27 heavy (non-hydrogen) atoms. The van der Waals surface area contributed by atoms with E-state index in [1.54, 1.807) is 6.92 Å². The van der Waals surface area contributed by atoms with Crippen molar-refractivity contribution in [2.45, 2.75) is 40.7 Å².